The maximum absolute atomic E-state index is 12.4. The highest BCUT2D eigenvalue weighted by Crippen LogP contribution is 2.31. The molecule has 2 unspecified atom stereocenters. The Morgan fingerprint density at radius 3 is 2.67 bits per heavy atom. The summed E-state index contributed by atoms with van der Waals surface area (Å²) in [5.74, 6) is -0.978. The Bertz CT molecular complexity index is 535. The largest absolute Gasteiger partial charge is 0.480 e. The molecule has 2 atom stereocenters. The summed E-state index contributed by atoms with van der Waals surface area (Å²) in [6, 6.07) is 7.31. The Balaban J connectivity index is 0.00000220. The molecule has 1 aromatic rings. The lowest BCUT2D eigenvalue weighted by Crippen LogP contribution is -2.46. The molecule has 0 saturated carbocycles. The van der Waals surface area contributed by atoms with Gasteiger partial charge in [0.25, 0.3) is 0 Å². The van der Waals surface area contributed by atoms with Crippen molar-refractivity contribution < 1.29 is 14.7 Å². The Hall–Kier alpha value is -1.59. The molecule has 1 heterocycles. The van der Waals surface area contributed by atoms with Crippen molar-refractivity contribution in [1.82, 2.24) is 4.90 Å². The number of nitrogens with zero attached hydrogens (tertiary/aromatic N) is 2. The number of carboxylic acids is 1. The molecule has 0 fully saturated rings. The molecule has 0 spiro atoms. The van der Waals surface area contributed by atoms with Crippen LogP contribution in [-0.4, -0.2) is 47.6 Å². The first-order valence-electron chi connectivity index (χ1n) is 6.74. The number of carbonyl (C=O) groups is 2. The van der Waals surface area contributed by atoms with Crippen LogP contribution in [0.15, 0.2) is 24.3 Å². The molecule has 0 radical (unpaired) electrons. The molecule has 1 aliphatic heterocycles. The lowest BCUT2D eigenvalue weighted by Gasteiger charge is -2.27. The minimum absolute atomic E-state index is 0. The van der Waals surface area contributed by atoms with Crippen LogP contribution < -0.4 is 4.90 Å². The van der Waals surface area contributed by atoms with E-state index in [0.29, 0.717) is 0 Å². The molecular formula is C15H21ClN2O3. The van der Waals surface area contributed by atoms with E-state index in [1.54, 1.807) is 23.8 Å². The van der Waals surface area contributed by atoms with Crippen LogP contribution >= 0.6 is 12.4 Å². The normalized spacial score (nSPS) is 18.1. The molecule has 1 amide bonds. The molecule has 1 aliphatic rings. The molecule has 0 aliphatic carbocycles. The van der Waals surface area contributed by atoms with Gasteiger partial charge in [-0.15, -0.1) is 12.4 Å². The SMILES string of the molecule is CC(C(=O)O)N(C)CC(=O)N1c2ccccc2CC1C.Cl. The molecule has 21 heavy (non-hydrogen) atoms. The summed E-state index contributed by atoms with van der Waals surface area (Å²) in [7, 11) is 1.66. The van der Waals surface area contributed by atoms with Crippen molar-refractivity contribution in [2.45, 2.75) is 32.4 Å². The van der Waals surface area contributed by atoms with Gasteiger partial charge in [-0.3, -0.25) is 14.5 Å². The van der Waals surface area contributed by atoms with Gasteiger partial charge in [-0.1, -0.05) is 18.2 Å². The predicted octanol–water partition coefficient (Wildman–Crippen LogP) is 1.79. The highest BCUT2D eigenvalue weighted by molar-refractivity contribution is 5.97. The number of fused-ring (bicyclic) bond motifs is 1. The number of halogens is 1. The van der Waals surface area contributed by atoms with Gasteiger partial charge in [-0.2, -0.15) is 0 Å². The third kappa shape index (κ3) is 3.54. The van der Waals surface area contributed by atoms with Crippen molar-refractivity contribution >= 4 is 30.0 Å². The third-order valence-electron chi connectivity index (χ3n) is 3.88. The third-order valence-corrected chi connectivity index (χ3v) is 3.88. The number of carboxylic acid groups (broad SMARTS) is 1. The number of hydrogen-bond acceptors (Lipinski definition) is 3. The fraction of sp³-hybridized carbons (Fsp3) is 0.467. The molecule has 1 aromatic carbocycles. The van der Waals surface area contributed by atoms with Crippen molar-refractivity contribution in [3.63, 3.8) is 0 Å². The van der Waals surface area contributed by atoms with Crippen LogP contribution in [0.5, 0.6) is 0 Å². The van der Waals surface area contributed by atoms with Crippen molar-refractivity contribution in [3.05, 3.63) is 29.8 Å². The zero-order valence-corrected chi connectivity index (χ0v) is 13.3. The molecule has 6 heteroatoms. The van der Waals surface area contributed by atoms with E-state index in [9.17, 15) is 9.59 Å². The second-order valence-corrected chi connectivity index (χ2v) is 5.37. The summed E-state index contributed by atoms with van der Waals surface area (Å²) in [6.45, 7) is 3.70. The van der Waals surface area contributed by atoms with Gasteiger partial charge in [0.1, 0.15) is 6.04 Å². The highest BCUT2D eigenvalue weighted by atomic mass is 35.5. The average molecular weight is 313 g/mol. The van der Waals surface area contributed by atoms with Crippen LogP contribution in [0.4, 0.5) is 5.69 Å². The molecular weight excluding hydrogens is 292 g/mol. The number of carbonyl (C=O) groups excluding carboxylic acids is 1. The van der Waals surface area contributed by atoms with Crippen LogP contribution in [0, 0.1) is 0 Å². The zero-order valence-electron chi connectivity index (χ0n) is 12.4. The molecule has 5 nitrogen and oxygen atoms in total. The predicted molar refractivity (Wildman–Crippen MR) is 84.1 cm³/mol. The Morgan fingerprint density at radius 2 is 2.05 bits per heavy atom. The maximum Gasteiger partial charge on any atom is 0.320 e. The molecule has 2 rings (SSSR count). The van der Waals surface area contributed by atoms with Crippen LogP contribution in [0.25, 0.3) is 0 Å². The van der Waals surface area contributed by atoms with E-state index >= 15 is 0 Å². The number of para-hydroxylation sites is 1. The van der Waals surface area contributed by atoms with Gasteiger partial charge >= 0.3 is 5.97 Å². The second kappa shape index (κ2) is 6.91. The van der Waals surface area contributed by atoms with E-state index in [0.717, 1.165) is 12.1 Å². The van der Waals surface area contributed by atoms with Gasteiger partial charge < -0.3 is 10.0 Å². The van der Waals surface area contributed by atoms with E-state index in [1.807, 2.05) is 31.2 Å². The van der Waals surface area contributed by atoms with Gasteiger partial charge in [0.15, 0.2) is 0 Å². The fourth-order valence-corrected chi connectivity index (χ4v) is 2.56. The van der Waals surface area contributed by atoms with Crippen LogP contribution in [0.2, 0.25) is 0 Å². The quantitative estimate of drug-likeness (QED) is 0.921. The first kappa shape index (κ1) is 17.5. The minimum Gasteiger partial charge on any atom is -0.480 e. The summed E-state index contributed by atoms with van der Waals surface area (Å²) in [5, 5.41) is 8.97. The Morgan fingerprint density at radius 1 is 1.43 bits per heavy atom. The van der Waals surface area contributed by atoms with Gasteiger partial charge in [0.05, 0.1) is 6.54 Å². The number of anilines is 1. The van der Waals surface area contributed by atoms with Crippen LogP contribution in [0.3, 0.4) is 0 Å². The average Bonchev–Trinajstić information content (AvgIpc) is 2.73. The van der Waals surface area contributed by atoms with Gasteiger partial charge in [0, 0.05) is 11.7 Å². The molecule has 0 aromatic heterocycles. The van der Waals surface area contributed by atoms with E-state index in [2.05, 4.69) is 0 Å². The van der Waals surface area contributed by atoms with Crippen molar-refractivity contribution in [2.75, 3.05) is 18.5 Å². The first-order chi connectivity index (χ1) is 9.41. The Labute approximate surface area is 131 Å². The van der Waals surface area contributed by atoms with Crippen LogP contribution in [-0.2, 0) is 16.0 Å². The van der Waals surface area contributed by atoms with Gasteiger partial charge in [0.2, 0.25) is 5.91 Å². The minimum atomic E-state index is -0.921. The van der Waals surface area contributed by atoms with Gasteiger partial charge in [-0.05, 0) is 38.9 Å². The van der Waals surface area contributed by atoms with E-state index in [-0.39, 0.29) is 30.9 Å². The fourth-order valence-electron chi connectivity index (χ4n) is 2.56. The topological polar surface area (TPSA) is 60.9 Å². The summed E-state index contributed by atoms with van der Waals surface area (Å²) in [4.78, 5) is 26.7. The summed E-state index contributed by atoms with van der Waals surface area (Å²) in [6.07, 6.45) is 0.847. The standard InChI is InChI=1S/C15H20N2O3.ClH/c1-10-8-12-6-4-5-7-13(12)17(10)14(18)9-16(3)11(2)15(19)20;/h4-7,10-11H,8-9H2,1-3H3,(H,19,20);1H. The summed E-state index contributed by atoms with van der Waals surface area (Å²) in [5.41, 5.74) is 2.11. The second-order valence-electron chi connectivity index (χ2n) is 5.37. The van der Waals surface area contributed by atoms with Crippen LogP contribution in [0.1, 0.15) is 19.4 Å². The van der Waals surface area contributed by atoms with Crippen molar-refractivity contribution in [2.24, 2.45) is 0 Å². The molecule has 1 N–H and O–H groups in total. The van der Waals surface area contributed by atoms with E-state index < -0.39 is 12.0 Å². The number of likely N-dealkylation sites (N-methyl/N-ethyl adjacent to an activating group) is 1. The molecule has 116 valence electrons. The Kier molecular flexibility index (Phi) is 5.75. The smallest absolute Gasteiger partial charge is 0.320 e. The number of aliphatic carboxylic acids is 1. The lowest BCUT2D eigenvalue weighted by atomic mass is 10.1. The number of rotatable bonds is 4. The highest BCUT2D eigenvalue weighted by Gasteiger charge is 2.31. The summed E-state index contributed by atoms with van der Waals surface area (Å²) < 4.78 is 0. The van der Waals surface area contributed by atoms with E-state index in [1.165, 1.54) is 5.56 Å². The zero-order chi connectivity index (χ0) is 14.9. The molecule has 0 saturated heterocycles. The van der Waals surface area contributed by atoms with E-state index in [4.69, 9.17) is 5.11 Å². The van der Waals surface area contributed by atoms with Crippen molar-refractivity contribution in [3.8, 4) is 0 Å². The molecule has 0 bridgehead atoms. The van der Waals surface area contributed by atoms with Gasteiger partial charge in [-0.25, -0.2) is 0 Å². The lowest BCUT2D eigenvalue weighted by molar-refractivity contribution is -0.142. The summed E-state index contributed by atoms with van der Waals surface area (Å²) >= 11 is 0. The number of benzene rings is 1. The van der Waals surface area contributed by atoms with Crippen molar-refractivity contribution in [1.29, 1.82) is 0 Å². The maximum atomic E-state index is 12.4. The number of hydrogen-bond donors (Lipinski definition) is 1. The monoisotopic (exact) mass is 312 g/mol. The number of amides is 1. The first-order valence-corrected chi connectivity index (χ1v) is 6.74.